The number of ether oxygens (including phenoxy) is 5. The molecular weight excluding hydrogens is 627 g/mol. The molecule has 3 aliphatic rings. The Labute approximate surface area is 279 Å². The summed E-state index contributed by atoms with van der Waals surface area (Å²) in [5.74, 6) is -1.68. The lowest BCUT2D eigenvalue weighted by molar-refractivity contribution is -0.241. The van der Waals surface area contributed by atoms with Gasteiger partial charge in [0, 0.05) is 17.2 Å². The molecule has 5 atom stereocenters. The number of rotatable bonds is 5. The van der Waals surface area contributed by atoms with Gasteiger partial charge in [-0.3, -0.25) is 4.52 Å². The summed E-state index contributed by atoms with van der Waals surface area (Å²) in [6.45, 7) is 7.92. The molecule has 0 amide bonds. The van der Waals surface area contributed by atoms with Crippen LogP contribution in [0, 0.1) is 0 Å². The molecule has 0 radical (unpaired) electrons. The average molecular weight is 665 g/mol. The number of benzene rings is 5. The smallest absolute Gasteiger partial charge is 0.388 e. The van der Waals surface area contributed by atoms with Gasteiger partial charge in [0.2, 0.25) is 0 Å². The molecule has 246 valence electrons. The Morgan fingerprint density at radius 1 is 0.646 bits per heavy atom. The zero-order valence-electron chi connectivity index (χ0n) is 27.3. The number of fused-ring (bicyclic) bond motifs is 8. The molecule has 0 N–H and O–H groups in total. The standard InChI is InChI=1S/C39H37O8P/c1-37(2)40-23-31(42-37)34-39(22-24-12-6-5-7-13-24,35-36(41-34)44-38(3,4)43-35)47-48-45-29-20-18-25-14-8-10-16-27(25)32(29)33-28-17-11-9-15-26(28)19-21-30(33)46-48/h5-21,31,34-36H,22-23H2,1-4H3/t31-,34-,35+,36-,39-/m1/s1. The molecule has 8 nitrogen and oxygen atoms in total. The van der Waals surface area contributed by atoms with Gasteiger partial charge >= 0.3 is 8.24 Å². The first kappa shape index (κ1) is 30.3. The highest BCUT2D eigenvalue weighted by Gasteiger charge is 2.68. The molecule has 9 heteroatoms. The van der Waals surface area contributed by atoms with Gasteiger partial charge in [-0.15, -0.1) is 0 Å². The maximum Gasteiger partial charge on any atom is 0.388 e. The van der Waals surface area contributed by atoms with E-state index in [9.17, 15) is 0 Å². The van der Waals surface area contributed by atoms with Crippen LogP contribution in [-0.4, -0.2) is 48.4 Å². The van der Waals surface area contributed by atoms with E-state index in [0.717, 1.165) is 37.9 Å². The first-order valence-electron chi connectivity index (χ1n) is 16.4. The van der Waals surface area contributed by atoms with Crippen LogP contribution >= 0.6 is 8.24 Å². The first-order valence-corrected chi connectivity index (χ1v) is 17.5. The molecule has 6 aromatic rings. The molecule has 1 aromatic heterocycles. The molecule has 0 spiro atoms. The van der Waals surface area contributed by atoms with Crippen molar-refractivity contribution >= 4 is 51.7 Å². The lowest BCUT2D eigenvalue weighted by atomic mass is 9.83. The maximum atomic E-state index is 7.32. The van der Waals surface area contributed by atoms with Crippen molar-refractivity contribution in [2.24, 2.45) is 0 Å². The van der Waals surface area contributed by atoms with Crippen LogP contribution in [-0.2, 0) is 30.1 Å². The van der Waals surface area contributed by atoms with Gasteiger partial charge in [-0.05, 0) is 66.9 Å². The molecule has 3 fully saturated rings. The summed E-state index contributed by atoms with van der Waals surface area (Å²) < 4.78 is 53.3. The van der Waals surface area contributed by atoms with Crippen molar-refractivity contribution in [1.82, 2.24) is 0 Å². The minimum Gasteiger partial charge on any atom is -0.399 e. The van der Waals surface area contributed by atoms with E-state index in [1.165, 1.54) is 0 Å². The quantitative estimate of drug-likeness (QED) is 0.181. The summed E-state index contributed by atoms with van der Waals surface area (Å²) in [5.41, 5.74) is 1.27. The fraction of sp³-hybridized carbons (Fsp3) is 0.333. The Kier molecular flexibility index (Phi) is 7.05. The van der Waals surface area contributed by atoms with Gasteiger partial charge in [0.15, 0.2) is 17.9 Å². The minimum absolute atomic E-state index is 0.323. The molecule has 0 saturated carbocycles. The van der Waals surface area contributed by atoms with Gasteiger partial charge in [-0.25, -0.2) is 0 Å². The summed E-state index contributed by atoms with van der Waals surface area (Å²) in [7, 11) is -2.07. The molecule has 5 aromatic carbocycles. The van der Waals surface area contributed by atoms with Gasteiger partial charge in [0.25, 0.3) is 0 Å². The highest BCUT2D eigenvalue weighted by atomic mass is 31.1. The van der Waals surface area contributed by atoms with Crippen LogP contribution in [0.15, 0.2) is 112 Å². The van der Waals surface area contributed by atoms with Crippen molar-refractivity contribution in [3.8, 4) is 0 Å². The molecule has 0 bridgehead atoms. The third-order valence-corrected chi connectivity index (χ3v) is 10.8. The highest BCUT2D eigenvalue weighted by molar-refractivity contribution is 7.31. The fourth-order valence-corrected chi connectivity index (χ4v) is 8.91. The molecule has 9 rings (SSSR count). The zero-order valence-corrected chi connectivity index (χ0v) is 28.1. The molecule has 4 heterocycles. The third kappa shape index (κ3) is 5.06. The van der Waals surface area contributed by atoms with E-state index in [0.29, 0.717) is 24.2 Å². The lowest BCUT2D eigenvalue weighted by Crippen LogP contribution is -2.59. The fourth-order valence-electron chi connectivity index (χ4n) is 7.63. The second-order valence-electron chi connectivity index (χ2n) is 13.8. The molecular formula is C39H37O8P. The van der Waals surface area contributed by atoms with Crippen LogP contribution in [0.25, 0.3) is 43.5 Å². The van der Waals surface area contributed by atoms with Crippen LogP contribution < -0.4 is 4.52 Å². The van der Waals surface area contributed by atoms with Crippen LogP contribution in [0.1, 0.15) is 33.3 Å². The van der Waals surface area contributed by atoms with Crippen molar-refractivity contribution < 1.29 is 36.6 Å². The van der Waals surface area contributed by atoms with Gasteiger partial charge in [-0.1, -0.05) is 91.0 Å². The number of hydrogen-bond donors (Lipinski definition) is 0. The Bertz CT molecular complexity index is 2110. The molecule has 0 unspecified atom stereocenters. The Hall–Kier alpha value is -3.72. The molecule has 48 heavy (non-hydrogen) atoms. The zero-order chi connectivity index (χ0) is 32.7. The Balaban J connectivity index is 1.30. The molecule has 3 aliphatic heterocycles. The second-order valence-corrected chi connectivity index (χ2v) is 14.8. The Morgan fingerprint density at radius 3 is 1.85 bits per heavy atom. The van der Waals surface area contributed by atoms with Crippen molar-refractivity contribution in [3.05, 3.63) is 109 Å². The van der Waals surface area contributed by atoms with Gasteiger partial charge in [0.1, 0.15) is 35.1 Å². The van der Waals surface area contributed by atoms with E-state index in [2.05, 4.69) is 60.7 Å². The van der Waals surface area contributed by atoms with Crippen LogP contribution in [0.5, 0.6) is 0 Å². The van der Waals surface area contributed by atoms with E-state index in [1.54, 1.807) is 0 Å². The molecule has 0 aliphatic carbocycles. The van der Waals surface area contributed by atoms with E-state index in [4.69, 9.17) is 36.6 Å². The van der Waals surface area contributed by atoms with E-state index in [1.807, 2.05) is 70.2 Å². The van der Waals surface area contributed by atoms with E-state index < -0.39 is 50.0 Å². The predicted octanol–water partition coefficient (Wildman–Crippen LogP) is 9.03. The summed E-state index contributed by atoms with van der Waals surface area (Å²) >= 11 is 0. The van der Waals surface area contributed by atoms with E-state index in [-0.39, 0.29) is 0 Å². The topological polar surface area (TPSA) is 81.7 Å². The van der Waals surface area contributed by atoms with Crippen LogP contribution in [0.4, 0.5) is 0 Å². The number of hydrogen-bond acceptors (Lipinski definition) is 8. The van der Waals surface area contributed by atoms with Gasteiger partial charge in [-0.2, -0.15) is 0 Å². The van der Waals surface area contributed by atoms with Gasteiger partial charge < -0.3 is 32.1 Å². The van der Waals surface area contributed by atoms with Gasteiger partial charge in [0.05, 0.1) is 6.61 Å². The minimum atomic E-state index is -2.07. The maximum absolute atomic E-state index is 7.32. The summed E-state index contributed by atoms with van der Waals surface area (Å²) in [6.07, 6.45) is -1.97. The predicted molar refractivity (Wildman–Crippen MR) is 184 cm³/mol. The largest absolute Gasteiger partial charge is 0.399 e. The van der Waals surface area contributed by atoms with Crippen LogP contribution in [0.3, 0.4) is 0 Å². The SMILES string of the molecule is CC1(C)OC[C@H]([C@H]2O[C@@H]3OC(C)(C)O[C@@H]3[C@]2(Cc2ccccc2)Op2oc3ccc4ccccc4c3c3c(ccc4ccccc43)o2)O1. The van der Waals surface area contributed by atoms with E-state index >= 15 is 0 Å². The highest BCUT2D eigenvalue weighted by Crippen LogP contribution is 2.52. The normalized spacial score (nSPS) is 27.7. The third-order valence-electron chi connectivity index (χ3n) is 9.62. The van der Waals surface area contributed by atoms with Crippen molar-refractivity contribution in [2.75, 3.05) is 6.61 Å². The molecule has 3 saturated heterocycles. The second kappa shape index (κ2) is 11.2. The Morgan fingerprint density at radius 2 is 1.25 bits per heavy atom. The lowest BCUT2D eigenvalue weighted by Gasteiger charge is -2.38. The monoisotopic (exact) mass is 664 g/mol. The average Bonchev–Trinajstić information content (AvgIpc) is 3.64. The summed E-state index contributed by atoms with van der Waals surface area (Å²) in [4.78, 5) is 0. The van der Waals surface area contributed by atoms with Crippen LogP contribution in [0.2, 0.25) is 0 Å². The summed E-state index contributed by atoms with van der Waals surface area (Å²) in [6, 6.07) is 35.1. The van der Waals surface area contributed by atoms with Crippen molar-refractivity contribution in [2.45, 2.75) is 75.9 Å². The first-order chi connectivity index (χ1) is 23.2. The van der Waals surface area contributed by atoms with Crippen molar-refractivity contribution in [1.29, 1.82) is 0 Å². The summed E-state index contributed by atoms with van der Waals surface area (Å²) in [5, 5.41) is 6.30. The van der Waals surface area contributed by atoms with Crippen molar-refractivity contribution in [3.63, 3.8) is 0 Å².